The van der Waals surface area contributed by atoms with E-state index in [1.54, 1.807) is 29.2 Å². The fourth-order valence-corrected chi connectivity index (χ4v) is 3.80. The molecule has 0 radical (unpaired) electrons. The van der Waals surface area contributed by atoms with Crippen LogP contribution in [-0.4, -0.2) is 42.3 Å². The monoisotopic (exact) mass is 420 g/mol. The van der Waals surface area contributed by atoms with Gasteiger partial charge in [0.25, 0.3) is 0 Å². The number of piperidine rings is 1. The summed E-state index contributed by atoms with van der Waals surface area (Å²) < 4.78 is 45.1. The Labute approximate surface area is 172 Å². The van der Waals surface area contributed by atoms with Crippen molar-refractivity contribution in [2.75, 3.05) is 31.6 Å². The lowest BCUT2D eigenvalue weighted by molar-refractivity contribution is -0.184. The number of carbonyl (C=O) groups is 1. The van der Waals surface area contributed by atoms with Gasteiger partial charge in [0.1, 0.15) is 5.60 Å². The van der Waals surface area contributed by atoms with Crippen LogP contribution in [-0.2, 0) is 16.5 Å². The van der Waals surface area contributed by atoms with Crippen molar-refractivity contribution >= 4 is 11.7 Å². The summed E-state index contributed by atoms with van der Waals surface area (Å²) in [6, 6.07) is 9.67. The van der Waals surface area contributed by atoms with Crippen molar-refractivity contribution in [3.8, 4) is 11.1 Å². The summed E-state index contributed by atoms with van der Waals surface area (Å²) >= 11 is 0. The zero-order valence-electron chi connectivity index (χ0n) is 16.3. The highest BCUT2D eigenvalue weighted by atomic mass is 19.4. The summed E-state index contributed by atoms with van der Waals surface area (Å²) in [5, 5.41) is 13.3. The van der Waals surface area contributed by atoms with Crippen molar-refractivity contribution in [1.29, 1.82) is 0 Å². The number of ether oxygens (including phenoxy) is 1. The molecule has 2 amide bonds. The van der Waals surface area contributed by atoms with Gasteiger partial charge in [0.15, 0.2) is 0 Å². The number of nitrogens with one attached hydrogen (secondary N) is 1. The number of amides is 2. The number of halogens is 3. The Hall–Kier alpha value is -2.58. The van der Waals surface area contributed by atoms with E-state index in [-0.39, 0.29) is 24.8 Å². The summed E-state index contributed by atoms with van der Waals surface area (Å²) in [5.74, 6) is 0. The first-order chi connectivity index (χ1) is 14.3. The van der Waals surface area contributed by atoms with Crippen LogP contribution in [0.5, 0.6) is 0 Å². The summed E-state index contributed by atoms with van der Waals surface area (Å²) in [5.41, 5.74) is -0.350. The number of carbonyl (C=O) groups excluding carboxylic acids is 1. The third kappa shape index (κ3) is 4.15. The second-order valence-electron chi connectivity index (χ2n) is 7.84. The molecule has 2 saturated heterocycles. The first kappa shape index (κ1) is 20.7. The number of anilines is 1. The SMILES string of the molecule is O=C(Nc1ccc(C(F)(F)F)cc1-c1cccc(C2(O)COC2)c1)N1CCCCC1. The van der Waals surface area contributed by atoms with Crippen LogP contribution in [0.15, 0.2) is 42.5 Å². The maximum atomic E-state index is 13.3. The van der Waals surface area contributed by atoms with Crippen LogP contribution in [0.25, 0.3) is 11.1 Å². The Kier molecular flexibility index (Phi) is 5.46. The van der Waals surface area contributed by atoms with Crippen LogP contribution in [0.1, 0.15) is 30.4 Å². The van der Waals surface area contributed by atoms with Gasteiger partial charge in [0, 0.05) is 18.7 Å². The van der Waals surface area contributed by atoms with Crippen LogP contribution in [0.3, 0.4) is 0 Å². The molecule has 2 aromatic carbocycles. The second-order valence-corrected chi connectivity index (χ2v) is 7.84. The molecule has 2 fully saturated rings. The number of hydrogen-bond acceptors (Lipinski definition) is 3. The third-order valence-electron chi connectivity index (χ3n) is 5.62. The number of nitrogens with zero attached hydrogens (tertiary/aromatic N) is 1. The lowest BCUT2D eigenvalue weighted by Gasteiger charge is -2.37. The Morgan fingerprint density at radius 2 is 1.80 bits per heavy atom. The maximum absolute atomic E-state index is 13.3. The molecule has 0 aliphatic carbocycles. The summed E-state index contributed by atoms with van der Waals surface area (Å²) in [4.78, 5) is 14.3. The van der Waals surface area contributed by atoms with E-state index in [0.29, 0.717) is 29.9 Å². The van der Waals surface area contributed by atoms with Crippen molar-refractivity contribution in [1.82, 2.24) is 4.90 Å². The number of alkyl halides is 3. The van der Waals surface area contributed by atoms with Gasteiger partial charge in [-0.15, -0.1) is 0 Å². The fraction of sp³-hybridized carbons (Fsp3) is 0.409. The van der Waals surface area contributed by atoms with Crippen molar-refractivity contribution in [3.63, 3.8) is 0 Å². The van der Waals surface area contributed by atoms with Gasteiger partial charge in [-0.25, -0.2) is 4.79 Å². The van der Waals surface area contributed by atoms with E-state index in [4.69, 9.17) is 4.74 Å². The molecule has 0 spiro atoms. The molecule has 2 aliphatic heterocycles. The second kappa shape index (κ2) is 7.92. The first-order valence-electron chi connectivity index (χ1n) is 9.94. The Morgan fingerprint density at radius 3 is 2.43 bits per heavy atom. The van der Waals surface area contributed by atoms with E-state index >= 15 is 0 Å². The Morgan fingerprint density at radius 1 is 1.07 bits per heavy atom. The van der Waals surface area contributed by atoms with Crippen LogP contribution >= 0.6 is 0 Å². The number of aliphatic hydroxyl groups is 1. The van der Waals surface area contributed by atoms with E-state index in [1.807, 2.05) is 0 Å². The van der Waals surface area contributed by atoms with Gasteiger partial charge >= 0.3 is 12.2 Å². The molecular weight excluding hydrogens is 397 g/mol. The molecule has 0 unspecified atom stereocenters. The molecule has 8 heteroatoms. The lowest BCUT2D eigenvalue weighted by atomic mass is 9.89. The summed E-state index contributed by atoms with van der Waals surface area (Å²) in [6.07, 6.45) is -1.62. The van der Waals surface area contributed by atoms with Crippen LogP contribution in [0, 0.1) is 0 Å². The number of rotatable bonds is 3. The normalized spacial score (nSPS) is 18.6. The highest BCUT2D eigenvalue weighted by Gasteiger charge is 2.38. The van der Waals surface area contributed by atoms with Crippen molar-refractivity contribution in [2.24, 2.45) is 0 Å². The number of urea groups is 1. The quantitative estimate of drug-likeness (QED) is 0.763. The highest BCUT2D eigenvalue weighted by molar-refractivity contribution is 5.94. The van der Waals surface area contributed by atoms with E-state index < -0.39 is 17.3 Å². The molecule has 4 rings (SSSR count). The topological polar surface area (TPSA) is 61.8 Å². The first-order valence-corrected chi connectivity index (χ1v) is 9.94. The Bertz CT molecular complexity index is 935. The van der Waals surface area contributed by atoms with E-state index in [9.17, 15) is 23.1 Å². The number of hydrogen-bond donors (Lipinski definition) is 2. The molecule has 2 N–H and O–H groups in total. The molecular formula is C22H23F3N2O3. The molecule has 0 atom stereocenters. The number of benzene rings is 2. The van der Waals surface area contributed by atoms with Gasteiger partial charge in [0.05, 0.1) is 24.5 Å². The maximum Gasteiger partial charge on any atom is 0.416 e. The zero-order valence-corrected chi connectivity index (χ0v) is 16.3. The minimum Gasteiger partial charge on any atom is -0.380 e. The average Bonchev–Trinajstić information content (AvgIpc) is 2.72. The molecule has 2 aromatic rings. The lowest BCUT2D eigenvalue weighted by Crippen LogP contribution is -2.46. The minimum atomic E-state index is -4.51. The van der Waals surface area contributed by atoms with Crippen molar-refractivity contribution in [2.45, 2.75) is 31.0 Å². The highest BCUT2D eigenvalue weighted by Crippen LogP contribution is 2.38. The van der Waals surface area contributed by atoms with Gasteiger partial charge in [-0.3, -0.25) is 0 Å². The van der Waals surface area contributed by atoms with Crippen LogP contribution in [0.2, 0.25) is 0 Å². The average molecular weight is 420 g/mol. The van der Waals surface area contributed by atoms with Crippen LogP contribution < -0.4 is 5.32 Å². The Balaban J connectivity index is 1.71. The van der Waals surface area contributed by atoms with E-state index in [2.05, 4.69) is 5.32 Å². The largest absolute Gasteiger partial charge is 0.416 e. The minimum absolute atomic E-state index is 0.137. The molecule has 5 nitrogen and oxygen atoms in total. The van der Waals surface area contributed by atoms with Gasteiger partial charge in [-0.2, -0.15) is 13.2 Å². The number of likely N-dealkylation sites (tertiary alicyclic amines) is 1. The van der Waals surface area contributed by atoms with Gasteiger partial charge in [-0.05, 0) is 54.7 Å². The predicted octanol–water partition coefficient (Wildman–Crippen LogP) is 4.61. The standard InChI is InChI=1S/C22H23F3N2O3/c23-22(24,25)17-7-8-19(26-20(28)27-9-2-1-3-10-27)18(12-17)15-5-4-6-16(11-15)21(29)13-30-14-21/h4-8,11-12,29H,1-3,9-10,13-14H2,(H,26,28). The summed E-state index contributed by atoms with van der Waals surface area (Å²) in [6.45, 7) is 1.53. The molecule has 2 heterocycles. The molecule has 30 heavy (non-hydrogen) atoms. The van der Waals surface area contributed by atoms with E-state index in [0.717, 1.165) is 31.4 Å². The molecule has 0 saturated carbocycles. The van der Waals surface area contributed by atoms with Gasteiger partial charge in [-0.1, -0.05) is 18.2 Å². The molecule has 0 bridgehead atoms. The predicted molar refractivity (Wildman–Crippen MR) is 106 cm³/mol. The van der Waals surface area contributed by atoms with Crippen molar-refractivity contribution in [3.05, 3.63) is 53.6 Å². The van der Waals surface area contributed by atoms with Gasteiger partial charge < -0.3 is 20.1 Å². The zero-order chi connectivity index (χ0) is 21.4. The van der Waals surface area contributed by atoms with E-state index in [1.165, 1.54) is 6.07 Å². The third-order valence-corrected chi connectivity index (χ3v) is 5.62. The smallest absolute Gasteiger partial charge is 0.380 e. The van der Waals surface area contributed by atoms with Crippen LogP contribution in [0.4, 0.5) is 23.7 Å². The molecule has 0 aromatic heterocycles. The molecule has 160 valence electrons. The van der Waals surface area contributed by atoms with Gasteiger partial charge in [0.2, 0.25) is 0 Å². The molecule has 2 aliphatic rings. The fourth-order valence-electron chi connectivity index (χ4n) is 3.80. The van der Waals surface area contributed by atoms with Crippen molar-refractivity contribution < 1.29 is 27.8 Å². The summed E-state index contributed by atoms with van der Waals surface area (Å²) in [7, 11) is 0.